The average molecular weight is 1220 g/mol. The van der Waals surface area contributed by atoms with Gasteiger partial charge in [0.2, 0.25) is 5.91 Å². The molecule has 11 heteroatoms. The molecule has 1 aliphatic rings. The van der Waals surface area contributed by atoms with Crippen molar-refractivity contribution in [2.24, 2.45) is 0 Å². The average Bonchev–Trinajstić information content (AvgIpc) is 3.00. The van der Waals surface area contributed by atoms with Crippen LogP contribution in [0.1, 0.15) is 393 Å². The van der Waals surface area contributed by atoms with Crippen LogP contribution in [0.2, 0.25) is 0 Å². The Labute approximate surface area is 532 Å². The summed E-state index contributed by atoms with van der Waals surface area (Å²) in [6, 6.07) is -1.17. The Balaban J connectivity index is 2.15. The number of nitrogens with one attached hydrogen (secondary N) is 1. The van der Waals surface area contributed by atoms with Gasteiger partial charge in [-0.05, 0) is 38.5 Å². The van der Waals surface area contributed by atoms with Gasteiger partial charge < -0.3 is 50.5 Å². The summed E-state index contributed by atoms with van der Waals surface area (Å²) in [5.41, 5.74) is 0. The van der Waals surface area contributed by atoms with E-state index >= 15 is 0 Å². The lowest BCUT2D eigenvalue weighted by molar-refractivity contribution is -0.303. The van der Waals surface area contributed by atoms with E-state index in [9.17, 15) is 40.5 Å². The second kappa shape index (κ2) is 64.0. The van der Waals surface area contributed by atoms with Crippen LogP contribution in [-0.4, -0.2) is 110 Å². The first-order valence-corrected chi connectivity index (χ1v) is 38.1. The Morgan fingerprint density at radius 1 is 0.395 bits per heavy atom. The zero-order valence-electron chi connectivity index (χ0n) is 56.8. The van der Waals surface area contributed by atoms with Crippen molar-refractivity contribution >= 4 is 5.91 Å². The van der Waals surface area contributed by atoms with Crippen molar-refractivity contribution in [1.29, 1.82) is 0 Å². The van der Waals surface area contributed by atoms with E-state index in [1.165, 1.54) is 315 Å². The van der Waals surface area contributed by atoms with E-state index in [0.29, 0.717) is 19.3 Å². The van der Waals surface area contributed by atoms with Crippen molar-refractivity contribution in [3.63, 3.8) is 0 Å². The van der Waals surface area contributed by atoms with Crippen LogP contribution in [0.5, 0.6) is 0 Å². The minimum absolute atomic E-state index is 0.264. The number of amides is 1. The number of ether oxygens (including phenoxy) is 2. The van der Waals surface area contributed by atoms with E-state index in [-0.39, 0.29) is 6.42 Å². The molecule has 0 aliphatic carbocycles. The zero-order valence-corrected chi connectivity index (χ0v) is 56.8. The molecule has 0 aromatic carbocycles. The smallest absolute Gasteiger partial charge is 0.249 e. The maximum absolute atomic E-state index is 13.3. The predicted octanol–water partition coefficient (Wildman–Crippen LogP) is 19.0. The van der Waals surface area contributed by atoms with Gasteiger partial charge in [0.1, 0.15) is 36.6 Å². The fourth-order valence-electron chi connectivity index (χ4n) is 12.7. The zero-order chi connectivity index (χ0) is 62.4. The maximum atomic E-state index is 13.3. The summed E-state index contributed by atoms with van der Waals surface area (Å²) in [7, 11) is 0. The van der Waals surface area contributed by atoms with Gasteiger partial charge in [0.05, 0.1) is 25.4 Å². The lowest BCUT2D eigenvalue weighted by Crippen LogP contribution is -2.60. The molecular weight excluding hydrogens is 1070 g/mol. The quantitative estimate of drug-likeness (QED) is 0.0215. The molecule has 1 saturated heterocycles. The van der Waals surface area contributed by atoms with E-state index in [4.69, 9.17) is 9.47 Å². The summed E-state index contributed by atoms with van der Waals surface area (Å²) in [6.07, 6.45) is 68.8. The normalized spacial score (nSPS) is 18.7. The summed E-state index contributed by atoms with van der Waals surface area (Å²) in [6.45, 7) is 3.53. The van der Waals surface area contributed by atoms with Gasteiger partial charge in [-0.15, -0.1) is 0 Å². The van der Waals surface area contributed by atoms with Crippen LogP contribution in [0.4, 0.5) is 0 Å². The summed E-state index contributed by atoms with van der Waals surface area (Å²) in [4.78, 5) is 13.3. The Kier molecular flexibility index (Phi) is 61.6. The van der Waals surface area contributed by atoms with E-state index in [1.54, 1.807) is 0 Å². The van der Waals surface area contributed by atoms with Gasteiger partial charge in [0.25, 0.3) is 0 Å². The van der Waals surface area contributed by atoms with Gasteiger partial charge in [-0.3, -0.25) is 4.79 Å². The number of allylic oxidation sites excluding steroid dienone is 2. The Bertz CT molecular complexity index is 1400. The third-order valence-corrected chi connectivity index (χ3v) is 18.8. The fourth-order valence-corrected chi connectivity index (χ4v) is 12.7. The molecule has 11 nitrogen and oxygen atoms in total. The highest BCUT2D eigenvalue weighted by atomic mass is 16.7. The number of carbonyl (C=O) groups excluding carboxylic acids is 1. The van der Waals surface area contributed by atoms with Gasteiger partial charge in [-0.25, -0.2) is 0 Å². The maximum Gasteiger partial charge on any atom is 0.249 e. The molecule has 0 saturated carbocycles. The summed E-state index contributed by atoms with van der Waals surface area (Å²) in [5, 5.41) is 76.7. The Morgan fingerprint density at radius 2 is 0.674 bits per heavy atom. The van der Waals surface area contributed by atoms with Crippen molar-refractivity contribution < 1.29 is 50.0 Å². The van der Waals surface area contributed by atoms with Gasteiger partial charge >= 0.3 is 0 Å². The second-order valence-electron chi connectivity index (χ2n) is 27.1. The van der Waals surface area contributed by atoms with Gasteiger partial charge in [-0.1, -0.05) is 366 Å². The summed E-state index contributed by atoms with van der Waals surface area (Å²) in [5.74, 6) is -0.688. The Morgan fingerprint density at radius 3 is 0.977 bits per heavy atom. The van der Waals surface area contributed by atoms with Crippen LogP contribution in [-0.2, 0) is 14.3 Å². The van der Waals surface area contributed by atoms with Crippen molar-refractivity contribution in [2.75, 3.05) is 13.2 Å². The first kappa shape index (κ1) is 82.9. The van der Waals surface area contributed by atoms with Crippen molar-refractivity contribution in [1.82, 2.24) is 5.32 Å². The van der Waals surface area contributed by atoms with Crippen LogP contribution in [0.3, 0.4) is 0 Å². The molecule has 512 valence electrons. The minimum Gasteiger partial charge on any atom is -0.394 e. The summed E-state index contributed by atoms with van der Waals surface area (Å²) < 4.78 is 11.2. The molecule has 0 bridgehead atoms. The van der Waals surface area contributed by atoms with E-state index in [1.807, 2.05) is 0 Å². The standard InChI is InChI=1S/C75H147NO10/c1-3-5-7-9-11-13-15-17-19-21-23-25-27-29-31-33-35-36-38-40-42-44-46-48-50-52-54-56-58-60-62-67(78)70(80)66(65-85-75-73(83)72(82)71(81)69(64-77)86-75)76-74(84)68(79)63-61-59-57-55-53-51-49-47-45-43-41-39-37-34-32-30-28-26-24-22-20-18-16-14-12-10-8-6-4-2/h30,32,66-73,75,77-83H,3-29,31,33-65H2,1-2H3,(H,76,84)/b32-30-. The lowest BCUT2D eigenvalue weighted by atomic mass is 9.98. The third-order valence-electron chi connectivity index (χ3n) is 18.8. The van der Waals surface area contributed by atoms with Gasteiger partial charge in [0.15, 0.2) is 6.29 Å². The van der Waals surface area contributed by atoms with E-state index in [2.05, 4.69) is 31.3 Å². The molecule has 0 aromatic heterocycles. The number of hydrogen-bond donors (Lipinski definition) is 8. The molecule has 0 aromatic rings. The second-order valence-corrected chi connectivity index (χ2v) is 27.1. The highest BCUT2D eigenvalue weighted by molar-refractivity contribution is 5.80. The first-order valence-electron chi connectivity index (χ1n) is 38.1. The van der Waals surface area contributed by atoms with E-state index < -0.39 is 74.2 Å². The topological polar surface area (TPSA) is 189 Å². The first-order chi connectivity index (χ1) is 42.2. The number of hydrogen-bond acceptors (Lipinski definition) is 10. The summed E-state index contributed by atoms with van der Waals surface area (Å²) >= 11 is 0. The number of aliphatic hydroxyl groups is 7. The largest absolute Gasteiger partial charge is 0.394 e. The molecule has 0 spiro atoms. The van der Waals surface area contributed by atoms with Crippen molar-refractivity contribution in [3.05, 3.63) is 12.2 Å². The van der Waals surface area contributed by atoms with Crippen LogP contribution in [0.25, 0.3) is 0 Å². The van der Waals surface area contributed by atoms with Crippen LogP contribution in [0, 0.1) is 0 Å². The van der Waals surface area contributed by atoms with Crippen molar-refractivity contribution in [2.45, 2.75) is 448 Å². The molecule has 0 radical (unpaired) electrons. The molecular formula is C75H147NO10. The minimum atomic E-state index is -1.66. The third kappa shape index (κ3) is 50.5. The number of carbonyl (C=O) groups is 1. The molecule has 1 amide bonds. The van der Waals surface area contributed by atoms with Crippen molar-refractivity contribution in [3.8, 4) is 0 Å². The van der Waals surface area contributed by atoms with Crippen LogP contribution in [0.15, 0.2) is 12.2 Å². The molecule has 86 heavy (non-hydrogen) atoms. The molecule has 1 heterocycles. The highest BCUT2D eigenvalue weighted by Crippen LogP contribution is 2.24. The predicted molar refractivity (Wildman–Crippen MR) is 363 cm³/mol. The SMILES string of the molecule is CCCCCCCCCCCCCC/C=C\CCCCCCCCCCCCCCCC(O)C(=O)NC(COC1OC(CO)C(O)C(O)C1O)C(O)C(O)CCCCCCCCCCCCCCCCCCCCCCCCCCCCCCCC. The molecule has 9 atom stereocenters. The van der Waals surface area contributed by atoms with Gasteiger partial charge in [0, 0.05) is 0 Å². The Hall–Kier alpha value is -1.15. The molecule has 9 unspecified atom stereocenters. The highest BCUT2D eigenvalue weighted by Gasteiger charge is 2.44. The number of aliphatic hydroxyl groups excluding tert-OH is 7. The van der Waals surface area contributed by atoms with Crippen LogP contribution >= 0.6 is 0 Å². The number of unbranched alkanes of at least 4 members (excludes halogenated alkanes) is 54. The fraction of sp³-hybridized carbons (Fsp3) is 0.960. The molecule has 1 rings (SSSR count). The molecule has 1 fully saturated rings. The lowest BCUT2D eigenvalue weighted by Gasteiger charge is -2.40. The van der Waals surface area contributed by atoms with E-state index in [0.717, 1.165) is 38.5 Å². The van der Waals surface area contributed by atoms with Crippen LogP contribution < -0.4 is 5.32 Å². The monoisotopic (exact) mass is 1220 g/mol. The number of rotatable bonds is 68. The molecule has 1 aliphatic heterocycles. The van der Waals surface area contributed by atoms with Gasteiger partial charge in [-0.2, -0.15) is 0 Å². The molecule has 8 N–H and O–H groups in total.